The van der Waals surface area contributed by atoms with Gasteiger partial charge in [-0.15, -0.1) is 0 Å². The number of carbonyl (C=O) groups excluding carboxylic acids is 1. The average molecular weight is 357 g/mol. The first-order chi connectivity index (χ1) is 11.7. The molecule has 1 aliphatic heterocycles. The van der Waals surface area contributed by atoms with E-state index in [-0.39, 0.29) is 5.91 Å². The van der Waals surface area contributed by atoms with Crippen molar-refractivity contribution in [2.24, 2.45) is 0 Å². The molecule has 0 radical (unpaired) electrons. The zero-order valence-electron chi connectivity index (χ0n) is 12.9. The van der Waals surface area contributed by atoms with Crippen LogP contribution >= 0.6 is 24.0 Å². The summed E-state index contributed by atoms with van der Waals surface area (Å²) >= 11 is 6.26. The molecule has 1 heterocycles. The lowest BCUT2D eigenvalue weighted by atomic mass is 10.1. The summed E-state index contributed by atoms with van der Waals surface area (Å²) in [6, 6.07) is 15.4. The number of hydrogen-bond acceptors (Lipinski definition) is 5. The number of rotatable bonds is 5. The number of benzene rings is 2. The minimum atomic E-state index is -0.193. The molecule has 1 aliphatic rings. The van der Waals surface area contributed by atoms with Crippen LogP contribution in [0.15, 0.2) is 53.4 Å². The molecule has 122 valence electrons. The van der Waals surface area contributed by atoms with Gasteiger partial charge in [-0.2, -0.15) is 0 Å². The van der Waals surface area contributed by atoms with Gasteiger partial charge in [0.25, 0.3) is 5.91 Å². The van der Waals surface area contributed by atoms with E-state index in [1.165, 1.54) is 11.8 Å². The summed E-state index contributed by atoms with van der Waals surface area (Å²) < 4.78 is 11.8. The molecule has 2 aromatic rings. The Hall–Kier alpha value is -2.31. The molecule has 0 atom stereocenters. The summed E-state index contributed by atoms with van der Waals surface area (Å²) in [6.07, 6.45) is 1.77. The van der Waals surface area contributed by atoms with Crippen molar-refractivity contribution in [1.82, 2.24) is 5.32 Å². The van der Waals surface area contributed by atoms with Crippen molar-refractivity contribution in [2.75, 3.05) is 7.11 Å². The number of thioether (sulfide) groups is 1. The molecule has 0 unspecified atom stereocenters. The van der Waals surface area contributed by atoms with Gasteiger partial charge in [-0.1, -0.05) is 66.4 Å². The van der Waals surface area contributed by atoms with Crippen LogP contribution < -0.4 is 14.8 Å². The third-order valence-corrected chi connectivity index (χ3v) is 4.55. The molecule has 1 fully saturated rings. The first kappa shape index (κ1) is 16.5. The van der Waals surface area contributed by atoms with E-state index in [0.717, 1.165) is 11.1 Å². The molecule has 4 nitrogen and oxygen atoms in total. The van der Waals surface area contributed by atoms with Gasteiger partial charge in [0, 0.05) is 5.56 Å². The quantitative estimate of drug-likeness (QED) is 0.652. The number of nitrogens with one attached hydrogen (secondary N) is 1. The average Bonchev–Trinajstić information content (AvgIpc) is 2.91. The minimum absolute atomic E-state index is 0.193. The van der Waals surface area contributed by atoms with Crippen LogP contribution in [0.4, 0.5) is 0 Å². The number of amides is 1. The Morgan fingerprint density at radius 3 is 2.62 bits per heavy atom. The minimum Gasteiger partial charge on any atom is -0.493 e. The molecule has 0 aliphatic carbocycles. The van der Waals surface area contributed by atoms with Gasteiger partial charge in [-0.25, -0.2) is 0 Å². The maximum absolute atomic E-state index is 11.9. The normalized spacial score (nSPS) is 15.5. The highest BCUT2D eigenvalue weighted by Gasteiger charge is 2.23. The summed E-state index contributed by atoms with van der Waals surface area (Å²) in [5.41, 5.74) is 1.82. The standard InChI is InChI=1S/C18H15NO3S2/c1-21-14-9-5-8-13(10-15-17(20)19-18(23)24-15)16(14)22-11-12-6-3-2-4-7-12/h2-10H,11H2,1H3,(H,19,20,23). The van der Waals surface area contributed by atoms with E-state index in [9.17, 15) is 4.79 Å². The molecule has 1 N–H and O–H groups in total. The van der Waals surface area contributed by atoms with E-state index >= 15 is 0 Å². The zero-order valence-corrected chi connectivity index (χ0v) is 14.6. The Morgan fingerprint density at radius 2 is 1.96 bits per heavy atom. The fraction of sp³-hybridized carbons (Fsp3) is 0.111. The number of ether oxygens (including phenoxy) is 2. The number of carbonyl (C=O) groups is 1. The highest BCUT2D eigenvalue weighted by atomic mass is 32.2. The van der Waals surface area contributed by atoms with E-state index in [0.29, 0.717) is 27.3 Å². The molecule has 1 saturated heterocycles. The van der Waals surface area contributed by atoms with Crippen molar-refractivity contribution in [3.63, 3.8) is 0 Å². The van der Waals surface area contributed by atoms with E-state index in [1.807, 2.05) is 48.5 Å². The first-order valence-corrected chi connectivity index (χ1v) is 8.48. The summed E-state index contributed by atoms with van der Waals surface area (Å²) in [4.78, 5) is 12.4. The fourth-order valence-corrected chi connectivity index (χ4v) is 3.29. The van der Waals surface area contributed by atoms with Crippen LogP contribution in [0.25, 0.3) is 6.08 Å². The molecule has 0 saturated carbocycles. The fourth-order valence-electron chi connectivity index (χ4n) is 2.25. The maximum atomic E-state index is 11.9. The van der Waals surface area contributed by atoms with Crippen LogP contribution in [-0.2, 0) is 11.4 Å². The van der Waals surface area contributed by atoms with Gasteiger partial charge in [0.05, 0.1) is 12.0 Å². The van der Waals surface area contributed by atoms with Crippen LogP contribution in [0, 0.1) is 0 Å². The lowest BCUT2D eigenvalue weighted by Crippen LogP contribution is -2.17. The second kappa shape index (κ2) is 7.51. The molecule has 0 aromatic heterocycles. The number of para-hydroxylation sites is 1. The summed E-state index contributed by atoms with van der Waals surface area (Å²) in [5, 5.41) is 2.61. The maximum Gasteiger partial charge on any atom is 0.263 e. The Balaban J connectivity index is 1.90. The SMILES string of the molecule is COc1cccc(C=C2SC(=S)NC2=O)c1OCc1ccccc1. The molecular formula is C18H15NO3S2. The Kier molecular flexibility index (Phi) is 5.17. The lowest BCUT2D eigenvalue weighted by Gasteiger charge is -2.13. The van der Waals surface area contributed by atoms with Crippen molar-refractivity contribution in [3.05, 3.63) is 64.6 Å². The monoisotopic (exact) mass is 357 g/mol. The van der Waals surface area contributed by atoms with Gasteiger partial charge in [0.1, 0.15) is 10.9 Å². The predicted octanol–water partition coefficient (Wildman–Crippen LogP) is 3.76. The van der Waals surface area contributed by atoms with E-state index < -0.39 is 0 Å². The number of methoxy groups -OCH3 is 1. The van der Waals surface area contributed by atoms with E-state index in [2.05, 4.69) is 5.32 Å². The van der Waals surface area contributed by atoms with Crippen molar-refractivity contribution >= 4 is 40.3 Å². The largest absolute Gasteiger partial charge is 0.493 e. The third-order valence-electron chi connectivity index (χ3n) is 3.38. The smallest absolute Gasteiger partial charge is 0.263 e. The molecule has 0 bridgehead atoms. The van der Waals surface area contributed by atoms with Crippen molar-refractivity contribution in [2.45, 2.75) is 6.61 Å². The highest BCUT2D eigenvalue weighted by Crippen LogP contribution is 2.35. The van der Waals surface area contributed by atoms with Crippen LogP contribution in [0.3, 0.4) is 0 Å². The van der Waals surface area contributed by atoms with Crippen LogP contribution in [-0.4, -0.2) is 17.3 Å². The van der Waals surface area contributed by atoms with Gasteiger partial charge in [-0.3, -0.25) is 4.79 Å². The Bertz CT molecular complexity index is 803. The lowest BCUT2D eigenvalue weighted by molar-refractivity contribution is -0.115. The summed E-state index contributed by atoms with van der Waals surface area (Å²) in [6.45, 7) is 0.412. The van der Waals surface area contributed by atoms with Gasteiger partial charge < -0.3 is 14.8 Å². The third kappa shape index (κ3) is 3.77. The van der Waals surface area contributed by atoms with Crippen molar-refractivity contribution in [1.29, 1.82) is 0 Å². The topological polar surface area (TPSA) is 47.6 Å². The zero-order chi connectivity index (χ0) is 16.9. The second-order valence-corrected chi connectivity index (χ2v) is 6.72. The summed E-state index contributed by atoms with van der Waals surface area (Å²) in [5.74, 6) is 1.02. The molecule has 6 heteroatoms. The van der Waals surface area contributed by atoms with Gasteiger partial charge in [-0.05, 0) is 17.7 Å². The molecule has 24 heavy (non-hydrogen) atoms. The van der Waals surface area contributed by atoms with Crippen LogP contribution in [0.5, 0.6) is 11.5 Å². The van der Waals surface area contributed by atoms with E-state index in [4.69, 9.17) is 21.7 Å². The Morgan fingerprint density at radius 1 is 1.17 bits per heavy atom. The number of hydrogen-bond donors (Lipinski definition) is 1. The van der Waals surface area contributed by atoms with Gasteiger partial charge in [0.15, 0.2) is 11.5 Å². The van der Waals surface area contributed by atoms with Gasteiger partial charge in [0.2, 0.25) is 0 Å². The van der Waals surface area contributed by atoms with Crippen LogP contribution in [0.2, 0.25) is 0 Å². The Labute approximate surface area is 149 Å². The second-order valence-electron chi connectivity index (χ2n) is 5.01. The van der Waals surface area contributed by atoms with Crippen molar-refractivity contribution < 1.29 is 14.3 Å². The van der Waals surface area contributed by atoms with Crippen LogP contribution in [0.1, 0.15) is 11.1 Å². The molecule has 2 aromatic carbocycles. The number of thiocarbonyl (C=S) groups is 1. The molecule has 0 spiro atoms. The highest BCUT2D eigenvalue weighted by molar-refractivity contribution is 8.26. The molecule has 1 amide bonds. The summed E-state index contributed by atoms with van der Waals surface area (Å²) in [7, 11) is 1.59. The first-order valence-electron chi connectivity index (χ1n) is 7.26. The predicted molar refractivity (Wildman–Crippen MR) is 100 cm³/mol. The van der Waals surface area contributed by atoms with E-state index in [1.54, 1.807) is 13.2 Å². The molecule has 3 rings (SSSR count). The van der Waals surface area contributed by atoms with Crippen molar-refractivity contribution in [3.8, 4) is 11.5 Å². The molecular weight excluding hydrogens is 342 g/mol. The van der Waals surface area contributed by atoms with Gasteiger partial charge >= 0.3 is 0 Å².